The van der Waals surface area contributed by atoms with Gasteiger partial charge in [0.1, 0.15) is 18.7 Å². The van der Waals surface area contributed by atoms with Crippen molar-refractivity contribution in [3.63, 3.8) is 0 Å². The first kappa shape index (κ1) is 14.9. The second kappa shape index (κ2) is 6.83. The van der Waals surface area contributed by atoms with Crippen molar-refractivity contribution in [1.29, 1.82) is 0 Å². The van der Waals surface area contributed by atoms with Crippen LogP contribution in [0.25, 0.3) is 0 Å². The molecule has 1 aromatic carbocycles. The second-order valence-electron chi connectivity index (χ2n) is 5.18. The molecule has 0 fully saturated rings. The van der Waals surface area contributed by atoms with Gasteiger partial charge in [0, 0.05) is 19.3 Å². The number of hydrogen-bond donors (Lipinski definition) is 1. The van der Waals surface area contributed by atoms with Crippen LogP contribution >= 0.6 is 11.8 Å². The summed E-state index contributed by atoms with van der Waals surface area (Å²) in [4.78, 5) is 12.2. The molecule has 1 aliphatic rings. The lowest BCUT2D eigenvalue weighted by Crippen LogP contribution is -2.38. The van der Waals surface area contributed by atoms with Crippen molar-refractivity contribution in [3.05, 3.63) is 36.2 Å². The monoisotopic (exact) mass is 318 g/mol. The van der Waals surface area contributed by atoms with Crippen molar-refractivity contribution in [3.8, 4) is 5.75 Å². The maximum Gasteiger partial charge on any atom is 0.226 e. The zero-order valence-electron chi connectivity index (χ0n) is 12.4. The zero-order chi connectivity index (χ0) is 15.4. The number of carbonyl (C=O) groups excluding carboxylic acids is 1. The van der Waals surface area contributed by atoms with E-state index in [9.17, 15) is 4.79 Å². The molecule has 116 valence electrons. The number of nitrogens with zero attached hydrogens (tertiary/aromatic N) is 3. The third-order valence-electron chi connectivity index (χ3n) is 3.55. The minimum Gasteiger partial charge on any atom is -0.492 e. The van der Waals surface area contributed by atoms with E-state index >= 15 is 0 Å². The van der Waals surface area contributed by atoms with Crippen LogP contribution in [0.3, 0.4) is 0 Å². The van der Waals surface area contributed by atoms with Crippen molar-refractivity contribution in [2.24, 2.45) is 13.0 Å². The van der Waals surface area contributed by atoms with Gasteiger partial charge in [0.05, 0.1) is 5.92 Å². The number of carbonyl (C=O) groups is 1. The summed E-state index contributed by atoms with van der Waals surface area (Å²) >= 11 is 1.57. The van der Waals surface area contributed by atoms with E-state index in [1.54, 1.807) is 18.1 Å². The summed E-state index contributed by atoms with van der Waals surface area (Å²) in [5.41, 5.74) is 1.10. The topological polar surface area (TPSA) is 69.0 Å². The lowest BCUT2D eigenvalue weighted by molar-refractivity contribution is -0.126. The van der Waals surface area contributed by atoms with Crippen LogP contribution in [0, 0.1) is 5.92 Å². The third-order valence-corrected chi connectivity index (χ3v) is 4.59. The number of hydrogen-bond acceptors (Lipinski definition) is 5. The fourth-order valence-corrected chi connectivity index (χ4v) is 3.10. The molecule has 0 saturated carbocycles. The summed E-state index contributed by atoms with van der Waals surface area (Å²) < 4.78 is 7.51. The third kappa shape index (κ3) is 3.41. The Morgan fingerprint density at radius 1 is 1.50 bits per heavy atom. The SMILES string of the molecule is Cn1cnnc1SCCNC(=O)[C@@H]1COc2ccccc2C1. The van der Waals surface area contributed by atoms with Crippen LogP contribution in [-0.2, 0) is 18.3 Å². The first-order chi connectivity index (χ1) is 10.7. The van der Waals surface area contributed by atoms with Crippen LogP contribution in [-0.4, -0.2) is 39.6 Å². The first-order valence-electron chi connectivity index (χ1n) is 7.19. The molecule has 3 rings (SSSR count). The lowest BCUT2D eigenvalue weighted by Gasteiger charge is -2.24. The number of rotatable bonds is 5. The van der Waals surface area contributed by atoms with Crippen LogP contribution in [0.4, 0.5) is 0 Å². The molecule has 1 amide bonds. The molecule has 2 heterocycles. The number of nitrogens with one attached hydrogen (secondary N) is 1. The zero-order valence-corrected chi connectivity index (χ0v) is 13.2. The summed E-state index contributed by atoms with van der Waals surface area (Å²) in [6, 6.07) is 7.88. The van der Waals surface area contributed by atoms with E-state index in [1.807, 2.05) is 35.9 Å². The van der Waals surface area contributed by atoms with Gasteiger partial charge >= 0.3 is 0 Å². The van der Waals surface area contributed by atoms with Gasteiger partial charge < -0.3 is 14.6 Å². The van der Waals surface area contributed by atoms with Gasteiger partial charge in [-0.2, -0.15) is 0 Å². The van der Waals surface area contributed by atoms with E-state index in [-0.39, 0.29) is 11.8 Å². The van der Waals surface area contributed by atoms with Gasteiger partial charge in [-0.15, -0.1) is 10.2 Å². The van der Waals surface area contributed by atoms with E-state index in [4.69, 9.17) is 4.74 Å². The molecule has 7 heteroatoms. The Hall–Kier alpha value is -2.02. The second-order valence-corrected chi connectivity index (χ2v) is 6.25. The van der Waals surface area contributed by atoms with Crippen molar-refractivity contribution in [2.75, 3.05) is 18.9 Å². The molecule has 0 spiro atoms. The van der Waals surface area contributed by atoms with E-state index < -0.39 is 0 Å². The minimum atomic E-state index is -0.116. The summed E-state index contributed by atoms with van der Waals surface area (Å²) in [7, 11) is 1.90. The van der Waals surface area contributed by atoms with Gasteiger partial charge in [-0.05, 0) is 18.1 Å². The van der Waals surface area contributed by atoms with Crippen LogP contribution in [0.1, 0.15) is 5.56 Å². The maximum absolute atomic E-state index is 12.2. The normalized spacial score (nSPS) is 16.7. The predicted octanol–water partition coefficient (Wildman–Crippen LogP) is 1.27. The molecular weight excluding hydrogens is 300 g/mol. The highest BCUT2D eigenvalue weighted by molar-refractivity contribution is 7.99. The Morgan fingerprint density at radius 2 is 2.36 bits per heavy atom. The number of aromatic nitrogens is 3. The van der Waals surface area contributed by atoms with Gasteiger partial charge in [0.2, 0.25) is 5.91 Å². The van der Waals surface area contributed by atoms with Crippen molar-refractivity contribution >= 4 is 17.7 Å². The molecule has 6 nitrogen and oxygen atoms in total. The van der Waals surface area contributed by atoms with Crippen LogP contribution in [0.5, 0.6) is 5.75 Å². The Bertz CT molecular complexity index is 658. The van der Waals surface area contributed by atoms with Crippen molar-refractivity contribution in [2.45, 2.75) is 11.6 Å². The predicted molar refractivity (Wildman–Crippen MR) is 83.9 cm³/mol. The standard InChI is InChI=1S/C15H18N4O2S/c1-19-10-17-18-15(19)22-7-6-16-14(20)12-8-11-4-2-3-5-13(11)21-9-12/h2-5,10,12H,6-9H2,1H3,(H,16,20)/t12-/m0/s1. The summed E-state index contributed by atoms with van der Waals surface area (Å²) in [5, 5.41) is 11.6. The lowest BCUT2D eigenvalue weighted by atomic mass is 9.96. The average Bonchev–Trinajstić information content (AvgIpc) is 2.96. The number of benzene rings is 1. The Labute approximate surface area is 133 Å². The summed E-state index contributed by atoms with van der Waals surface area (Å²) in [6.07, 6.45) is 2.40. The van der Waals surface area contributed by atoms with Gasteiger partial charge in [-0.1, -0.05) is 30.0 Å². The van der Waals surface area contributed by atoms with Gasteiger partial charge in [-0.25, -0.2) is 0 Å². The molecule has 1 atom stereocenters. The van der Waals surface area contributed by atoms with E-state index in [1.165, 1.54) is 0 Å². The molecular formula is C15H18N4O2S. The summed E-state index contributed by atoms with van der Waals surface area (Å²) in [6.45, 7) is 1.05. The Kier molecular flexibility index (Phi) is 4.62. The number of ether oxygens (including phenoxy) is 1. The fourth-order valence-electron chi connectivity index (χ4n) is 2.36. The molecule has 22 heavy (non-hydrogen) atoms. The molecule has 0 saturated heterocycles. The number of aryl methyl sites for hydroxylation is 1. The number of amides is 1. The Balaban J connectivity index is 1.44. The average molecular weight is 318 g/mol. The van der Waals surface area contributed by atoms with Crippen molar-refractivity contribution in [1.82, 2.24) is 20.1 Å². The van der Waals surface area contributed by atoms with Crippen LogP contribution < -0.4 is 10.1 Å². The highest BCUT2D eigenvalue weighted by Crippen LogP contribution is 2.26. The highest BCUT2D eigenvalue weighted by Gasteiger charge is 2.25. The van der Waals surface area contributed by atoms with Gasteiger partial charge in [-0.3, -0.25) is 4.79 Å². The summed E-state index contributed by atoms with van der Waals surface area (Å²) in [5.74, 6) is 1.59. The van der Waals surface area contributed by atoms with Gasteiger partial charge in [0.25, 0.3) is 0 Å². The quantitative estimate of drug-likeness (QED) is 0.664. The molecule has 1 aliphatic heterocycles. The van der Waals surface area contributed by atoms with E-state index in [0.717, 1.165) is 28.6 Å². The molecule has 0 radical (unpaired) electrons. The number of para-hydroxylation sites is 1. The molecule has 0 unspecified atom stereocenters. The van der Waals surface area contributed by atoms with Crippen LogP contribution in [0.2, 0.25) is 0 Å². The highest BCUT2D eigenvalue weighted by atomic mass is 32.2. The fraction of sp³-hybridized carbons (Fsp3) is 0.400. The smallest absolute Gasteiger partial charge is 0.226 e. The molecule has 2 aromatic rings. The largest absolute Gasteiger partial charge is 0.492 e. The molecule has 1 aromatic heterocycles. The molecule has 0 aliphatic carbocycles. The van der Waals surface area contributed by atoms with E-state index in [2.05, 4.69) is 15.5 Å². The number of fused-ring (bicyclic) bond motifs is 1. The van der Waals surface area contributed by atoms with Crippen LogP contribution in [0.15, 0.2) is 35.7 Å². The van der Waals surface area contributed by atoms with Crippen molar-refractivity contribution < 1.29 is 9.53 Å². The maximum atomic E-state index is 12.2. The number of thioether (sulfide) groups is 1. The first-order valence-corrected chi connectivity index (χ1v) is 8.18. The molecule has 0 bridgehead atoms. The minimum absolute atomic E-state index is 0.0491. The van der Waals surface area contributed by atoms with E-state index in [0.29, 0.717) is 13.2 Å². The Morgan fingerprint density at radius 3 is 3.18 bits per heavy atom. The van der Waals surface area contributed by atoms with Gasteiger partial charge in [0.15, 0.2) is 5.16 Å². The molecule has 1 N–H and O–H groups in total.